The first-order valence-electron chi connectivity index (χ1n) is 5.98. The molecule has 2 aromatic carbocycles. The molecule has 1 heterocycles. The summed E-state index contributed by atoms with van der Waals surface area (Å²) in [7, 11) is 0. The number of hydrogen-bond donors (Lipinski definition) is 1. The van der Waals surface area contributed by atoms with Crippen molar-refractivity contribution in [2.45, 2.75) is 13.8 Å². The molecule has 0 radical (unpaired) electrons. The van der Waals surface area contributed by atoms with Crippen LogP contribution >= 0.6 is 15.9 Å². The van der Waals surface area contributed by atoms with Crippen molar-refractivity contribution in [3.8, 4) is 11.5 Å². The predicted molar refractivity (Wildman–Crippen MR) is 81.0 cm³/mol. The number of nitrogen functional groups attached to an aromatic ring is 1. The van der Waals surface area contributed by atoms with Crippen LogP contribution in [0.2, 0.25) is 0 Å². The zero-order chi connectivity index (χ0) is 13.6. The van der Waals surface area contributed by atoms with Gasteiger partial charge >= 0.3 is 0 Å². The van der Waals surface area contributed by atoms with Crippen LogP contribution in [0.1, 0.15) is 11.1 Å². The molecule has 0 fully saturated rings. The van der Waals surface area contributed by atoms with Crippen LogP contribution in [0.15, 0.2) is 39.2 Å². The van der Waals surface area contributed by atoms with Crippen molar-refractivity contribution < 1.29 is 4.42 Å². The minimum atomic E-state index is 0.591. The SMILES string of the molecule is Cc1ccc(-c2nc3cc(Br)cc(N)c3o2)c(C)c1. The molecule has 0 atom stereocenters. The number of aryl methyl sites for hydroxylation is 2. The summed E-state index contributed by atoms with van der Waals surface area (Å²) in [5.41, 5.74) is 11.3. The lowest BCUT2D eigenvalue weighted by Gasteiger charge is -2.02. The van der Waals surface area contributed by atoms with Crippen molar-refractivity contribution in [3.63, 3.8) is 0 Å². The third kappa shape index (κ3) is 2.12. The summed E-state index contributed by atoms with van der Waals surface area (Å²) in [6.45, 7) is 4.12. The first kappa shape index (κ1) is 12.2. The molecule has 2 N–H and O–H groups in total. The lowest BCUT2D eigenvalue weighted by molar-refractivity contribution is 0.620. The van der Waals surface area contributed by atoms with E-state index in [1.807, 2.05) is 18.2 Å². The molecule has 0 unspecified atom stereocenters. The molecule has 0 spiro atoms. The monoisotopic (exact) mass is 316 g/mol. The molecule has 3 nitrogen and oxygen atoms in total. The fraction of sp³-hybridized carbons (Fsp3) is 0.133. The maximum Gasteiger partial charge on any atom is 0.227 e. The summed E-state index contributed by atoms with van der Waals surface area (Å²) >= 11 is 3.41. The molecule has 0 amide bonds. The molecule has 96 valence electrons. The molecule has 4 heteroatoms. The minimum absolute atomic E-state index is 0.591. The number of benzene rings is 2. The summed E-state index contributed by atoms with van der Waals surface area (Å²) in [5.74, 6) is 0.609. The van der Waals surface area contributed by atoms with Crippen molar-refractivity contribution in [3.05, 3.63) is 45.9 Å². The van der Waals surface area contributed by atoms with Gasteiger partial charge in [-0.1, -0.05) is 33.6 Å². The van der Waals surface area contributed by atoms with Gasteiger partial charge in [-0.2, -0.15) is 0 Å². The van der Waals surface area contributed by atoms with Crippen LogP contribution in [0.4, 0.5) is 5.69 Å². The number of oxazole rings is 1. The summed E-state index contributed by atoms with van der Waals surface area (Å²) in [4.78, 5) is 4.52. The van der Waals surface area contributed by atoms with E-state index in [0.717, 1.165) is 21.1 Å². The fourth-order valence-corrected chi connectivity index (χ4v) is 2.66. The molecule has 19 heavy (non-hydrogen) atoms. The zero-order valence-electron chi connectivity index (χ0n) is 10.7. The molecule has 0 aliphatic rings. The van der Waals surface area contributed by atoms with Crippen molar-refractivity contribution in [1.29, 1.82) is 0 Å². The maximum atomic E-state index is 5.95. The maximum absolute atomic E-state index is 5.95. The van der Waals surface area contributed by atoms with Crippen LogP contribution in [0, 0.1) is 13.8 Å². The molecule has 1 aromatic heterocycles. The van der Waals surface area contributed by atoms with E-state index in [-0.39, 0.29) is 0 Å². The van der Waals surface area contributed by atoms with Crippen LogP contribution in [-0.4, -0.2) is 4.98 Å². The molecule has 0 bridgehead atoms. The molecule has 3 aromatic rings. The van der Waals surface area contributed by atoms with Crippen LogP contribution in [0.3, 0.4) is 0 Å². The van der Waals surface area contributed by atoms with E-state index in [4.69, 9.17) is 10.2 Å². The first-order chi connectivity index (χ1) is 9.04. The summed E-state index contributed by atoms with van der Waals surface area (Å²) in [5, 5.41) is 0. The fourth-order valence-electron chi connectivity index (χ4n) is 2.19. The lowest BCUT2D eigenvalue weighted by Crippen LogP contribution is -1.84. The average Bonchev–Trinajstić information content (AvgIpc) is 2.72. The van der Waals surface area contributed by atoms with Crippen molar-refractivity contribution in [2.24, 2.45) is 0 Å². The number of nitrogens with zero attached hydrogens (tertiary/aromatic N) is 1. The molecular weight excluding hydrogens is 304 g/mol. The van der Waals surface area contributed by atoms with Crippen molar-refractivity contribution in [2.75, 3.05) is 5.73 Å². The van der Waals surface area contributed by atoms with Crippen LogP contribution in [0.5, 0.6) is 0 Å². The second-order valence-corrected chi connectivity index (χ2v) is 5.60. The van der Waals surface area contributed by atoms with Gasteiger partial charge in [0.1, 0.15) is 5.52 Å². The Morgan fingerprint density at radius 3 is 2.68 bits per heavy atom. The molecule has 0 aliphatic carbocycles. The molecule has 0 aliphatic heterocycles. The van der Waals surface area contributed by atoms with E-state index in [2.05, 4.69) is 46.9 Å². The lowest BCUT2D eigenvalue weighted by atomic mass is 10.1. The Morgan fingerprint density at radius 1 is 1.16 bits per heavy atom. The highest BCUT2D eigenvalue weighted by Gasteiger charge is 2.13. The van der Waals surface area contributed by atoms with Gasteiger partial charge in [-0.3, -0.25) is 0 Å². The Kier molecular flexibility index (Phi) is 2.82. The van der Waals surface area contributed by atoms with Crippen LogP contribution in [0.25, 0.3) is 22.6 Å². The van der Waals surface area contributed by atoms with Gasteiger partial charge in [0.2, 0.25) is 5.89 Å². The Balaban J connectivity index is 2.23. The van der Waals surface area contributed by atoms with Gasteiger partial charge < -0.3 is 10.2 Å². The number of nitrogens with two attached hydrogens (primary N) is 1. The number of anilines is 1. The average molecular weight is 317 g/mol. The van der Waals surface area contributed by atoms with E-state index in [9.17, 15) is 0 Å². The highest BCUT2D eigenvalue weighted by Crippen LogP contribution is 2.32. The van der Waals surface area contributed by atoms with Gasteiger partial charge in [-0.25, -0.2) is 4.98 Å². The van der Waals surface area contributed by atoms with Gasteiger partial charge in [-0.15, -0.1) is 0 Å². The van der Waals surface area contributed by atoms with E-state index in [1.165, 1.54) is 5.56 Å². The predicted octanol–water partition coefficient (Wildman–Crippen LogP) is 4.46. The molecule has 0 saturated heterocycles. The van der Waals surface area contributed by atoms with Crippen LogP contribution in [-0.2, 0) is 0 Å². The highest BCUT2D eigenvalue weighted by molar-refractivity contribution is 9.10. The zero-order valence-corrected chi connectivity index (χ0v) is 12.3. The van der Waals surface area contributed by atoms with Crippen LogP contribution < -0.4 is 5.73 Å². The number of aromatic nitrogens is 1. The second kappa shape index (κ2) is 4.38. The Hall–Kier alpha value is -1.81. The van der Waals surface area contributed by atoms with E-state index in [0.29, 0.717) is 17.2 Å². The van der Waals surface area contributed by atoms with Crippen molar-refractivity contribution in [1.82, 2.24) is 4.98 Å². The van der Waals surface area contributed by atoms with Gasteiger partial charge in [0.05, 0.1) is 5.69 Å². The number of hydrogen-bond acceptors (Lipinski definition) is 3. The minimum Gasteiger partial charge on any atom is -0.434 e. The van der Waals surface area contributed by atoms with E-state index >= 15 is 0 Å². The highest BCUT2D eigenvalue weighted by atomic mass is 79.9. The molecular formula is C15H13BrN2O. The topological polar surface area (TPSA) is 52.0 Å². The summed E-state index contributed by atoms with van der Waals surface area (Å²) in [6.07, 6.45) is 0. The second-order valence-electron chi connectivity index (χ2n) is 4.68. The number of halogens is 1. The third-order valence-corrected chi connectivity index (χ3v) is 3.55. The summed E-state index contributed by atoms with van der Waals surface area (Å²) in [6, 6.07) is 9.92. The molecule has 0 saturated carbocycles. The first-order valence-corrected chi connectivity index (χ1v) is 6.77. The Labute approximate surface area is 119 Å². The van der Waals surface area contributed by atoms with Gasteiger partial charge in [0.25, 0.3) is 0 Å². The van der Waals surface area contributed by atoms with E-state index in [1.54, 1.807) is 0 Å². The Morgan fingerprint density at radius 2 is 1.95 bits per heavy atom. The smallest absolute Gasteiger partial charge is 0.227 e. The summed E-state index contributed by atoms with van der Waals surface area (Å²) < 4.78 is 6.70. The quantitative estimate of drug-likeness (QED) is 0.674. The molecule has 3 rings (SSSR count). The van der Waals surface area contributed by atoms with Gasteiger partial charge in [0, 0.05) is 10.0 Å². The Bertz CT molecular complexity index is 777. The standard InChI is InChI=1S/C15H13BrN2O/c1-8-3-4-11(9(2)5-8)15-18-13-7-10(16)6-12(17)14(13)19-15/h3-7H,17H2,1-2H3. The van der Waals surface area contributed by atoms with Crippen molar-refractivity contribution >= 4 is 32.7 Å². The largest absolute Gasteiger partial charge is 0.434 e. The number of fused-ring (bicyclic) bond motifs is 1. The van der Waals surface area contributed by atoms with Gasteiger partial charge in [-0.05, 0) is 37.6 Å². The van der Waals surface area contributed by atoms with E-state index < -0.39 is 0 Å². The van der Waals surface area contributed by atoms with Gasteiger partial charge in [0.15, 0.2) is 5.58 Å². The normalized spacial score (nSPS) is 11.1. The third-order valence-electron chi connectivity index (χ3n) is 3.10. The number of rotatable bonds is 1.